The molecule has 0 amide bonds. The van der Waals surface area contributed by atoms with Gasteiger partial charge in [-0.1, -0.05) is 6.07 Å². The van der Waals surface area contributed by atoms with E-state index in [0.29, 0.717) is 0 Å². The minimum atomic E-state index is 0.886. The molecular formula is C13H20N2O. The molecule has 2 rings (SSSR count). The van der Waals surface area contributed by atoms with Crippen LogP contribution in [0.2, 0.25) is 0 Å². The van der Waals surface area contributed by atoms with Crippen molar-refractivity contribution in [3.63, 3.8) is 0 Å². The Bertz CT molecular complexity index is 346. The van der Waals surface area contributed by atoms with E-state index in [2.05, 4.69) is 28.4 Å². The highest BCUT2D eigenvalue weighted by molar-refractivity contribution is 5.60. The fourth-order valence-electron chi connectivity index (χ4n) is 2.26. The molecule has 1 aliphatic rings. The highest BCUT2D eigenvalue weighted by atomic mass is 16.5. The molecule has 1 saturated heterocycles. The maximum atomic E-state index is 5.48. The Labute approximate surface area is 97.4 Å². The highest BCUT2D eigenvalue weighted by Gasteiger charge is 2.16. The van der Waals surface area contributed by atoms with Crippen molar-refractivity contribution in [1.29, 1.82) is 0 Å². The molecule has 0 atom stereocenters. The molecule has 0 spiro atoms. The molecule has 1 aliphatic heterocycles. The van der Waals surface area contributed by atoms with Crippen LogP contribution in [0.25, 0.3) is 0 Å². The smallest absolute Gasteiger partial charge is 0.142 e. The summed E-state index contributed by atoms with van der Waals surface area (Å²) in [5.41, 5.74) is 2.50. The number of nitrogens with zero attached hydrogens (tertiary/aromatic N) is 1. The van der Waals surface area contributed by atoms with Gasteiger partial charge in [0, 0.05) is 19.6 Å². The second-order valence-corrected chi connectivity index (χ2v) is 4.23. The average Bonchev–Trinajstić information content (AvgIpc) is 2.83. The standard InChI is InChI=1S/C13H20N2O/c1-14-10-11-5-6-12(13(9-11)16-2)15-7-3-4-8-15/h5-6,9,14H,3-4,7-8,10H2,1-2H3. The van der Waals surface area contributed by atoms with Crippen molar-refractivity contribution in [2.45, 2.75) is 19.4 Å². The summed E-state index contributed by atoms with van der Waals surface area (Å²) in [4.78, 5) is 2.40. The second kappa shape index (κ2) is 5.21. The van der Waals surface area contributed by atoms with Crippen LogP contribution < -0.4 is 15.0 Å². The summed E-state index contributed by atoms with van der Waals surface area (Å²) in [5.74, 6) is 0.995. The Kier molecular flexibility index (Phi) is 3.67. The summed E-state index contributed by atoms with van der Waals surface area (Å²) in [7, 11) is 3.71. The Morgan fingerprint density at radius 3 is 2.69 bits per heavy atom. The summed E-state index contributed by atoms with van der Waals surface area (Å²) < 4.78 is 5.48. The van der Waals surface area contributed by atoms with E-state index in [1.54, 1.807) is 7.11 Å². The lowest BCUT2D eigenvalue weighted by molar-refractivity contribution is 0.414. The number of rotatable bonds is 4. The zero-order valence-electron chi connectivity index (χ0n) is 10.1. The Balaban J connectivity index is 2.23. The molecule has 0 bridgehead atoms. The van der Waals surface area contributed by atoms with Crippen LogP contribution in [-0.4, -0.2) is 27.2 Å². The van der Waals surface area contributed by atoms with Crippen LogP contribution in [0.15, 0.2) is 18.2 Å². The van der Waals surface area contributed by atoms with Crippen molar-refractivity contribution in [2.24, 2.45) is 0 Å². The monoisotopic (exact) mass is 220 g/mol. The molecule has 0 aliphatic carbocycles. The molecule has 1 fully saturated rings. The third-order valence-electron chi connectivity index (χ3n) is 3.07. The fraction of sp³-hybridized carbons (Fsp3) is 0.538. The van der Waals surface area contributed by atoms with E-state index in [1.807, 2.05) is 7.05 Å². The van der Waals surface area contributed by atoms with Crippen LogP contribution >= 0.6 is 0 Å². The Hall–Kier alpha value is -1.22. The second-order valence-electron chi connectivity index (χ2n) is 4.23. The number of benzene rings is 1. The zero-order chi connectivity index (χ0) is 11.4. The highest BCUT2D eigenvalue weighted by Crippen LogP contribution is 2.31. The average molecular weight is 220 g/mol. The van der Waals surface area contributed by atoms with E-state index >= 15 is 0 Å². The first-order chi connectivity index (χ1) is 7.85. The number of nitrogens with one attached hydrogen (secondary N) is 1. The van der Waals surface area contributed by atoms with Gasteiger partial charge >= 0.3 is 0 Å². The van der Waals surface area contributed by atoms with Crippen LogP contribution in [0.3, 0.4) is 0 Å². The van der Waals surface area contributed by atoms with Crippen LogP contribution in [0.1, 0.15) is 18.4 Å². The van der Waals surface area contributed by atoms with Gasteiger partial charge in [-0.05, 0) is 37.6 Å². The molecule has 3 nitrogen and oxygen atoms in total. The number of hydrogen-bond donors (Lipinski definition) is 1. The summed E-state index contributed by atoms with van der Waals surface area (Å²) in [6, 6.07) is 6.48. The molecule has 0 saturated carbocycles. The van der Waals surface area contributed by atoms with E-state index in [-0.39, 0.29) is 0 Å². The third-order valence-corrected chi connectivity index (χ3v) is 3.07. The van der Waals surface area contributed by atoms with E-state index < -0.39 is 0 Å². The minimum absolute atomic E-state index is 0.886. The van der Waals surface area contributed by atoms with Crippen molar-refractivity contribution in [3.8, 4) is 5.75 Å². The molecular weight excluding hydrogens is 200 g/mol. The maximum Gasteiger partial charge on any atom is 0.142 e. The van der Waals surface area contributed by atoms with Gasteiger partial charge in [0.1, 0.15) is 5.75 Å². The number of ether oxygens (including phenoxy) is 1. The predicted molar refractivity (Wildman–Crippen MR) is 67.2 cm³/mol. The van der Waals surface area contributed by atoms with Gasteiger partial charge in [-0.3, -0.25) is 0 Å². The van der Waals surface area contributed by atoms with Crippen LogP contribution in [0.4, 0.5) is 5.69 Å². The van der Waals surface area contributed by atoms with Gasteiger partial charge in [-0.15, -0.1) is 0 Å². The van der Waals surface area contributed by atoms with Crippen molar-refractivity contribution in [1.82, 2.24) is 5.32 Å². The molecule has 1 aromatic rings. The van der Waals surface area contributed by atoms with Gasteiger partial charge in [0.05, 0.1) is 12.8 Å². The summed E-state index contributed by atoms with van der Waals surface area (Å²) in [6.45, 7) is 3.19. The molecule has 0 radical (unpaired) electrons. The predicted octanol–water partition coefficient (Wildman–Crippen LogP) is 2.01. The van der Waals surface area contributed by atoms with Crippen molar-refractivity contribution in [2.75, 3.05) is 32.1 Å². The topological polar surface area (TPSA) is 24.5 Å². The van der Waals surface area contributed by atoms with Gasteiger partial charge in [0.15, 0.2) is 0 Å². The van der Waals surface area contributed by atoms with E-state index in [0.717, 1.165) is 25.4 Å². The van der Waals surface area contributed by atoms with Crippen molar-refractivity contribution >= 4 is 5.69 Å². The quantitative estimate of drug-likeness (QED) is 0.840. The molecule has 0 aromatic heterocycles. The molecule has 1 aromatic carbocycles. The van der Waals surface area contributed by atoms with E-state index in [9.17, 15) is 0 Å². The molecule has 1 heterocycles. The number of hydrogen-bond acceptors (Lipinski definition) is 3. The normalized spacial score (nSPS) is 15.5. The SMILES string of the molecule is CNCc1ccc(N2CCCC2)c(OC)c1. The summed E-state index contributed by atoms with van der Waals surface area (Å²) in [5, 5.41) is 3.16. The van der Waals surface area contributed by atoms with Gasteiger partial charge in [0.2, 0.25) is 0 Å². The van der Waals surface area contributed by atoms with Crippen molar-refractivity contribution in [3.05, 3.63) is 23.8 Å². The molecule has 0 unspecified atom stereocenters. The zero-order valence-corrected chi connectivity index (χ0v) is 10.1. The first kappa shape index (κ1) is 11.3. The lowest BCUT2D eigenvalue weighted by Crippen LogP contribution is -2.18. The lowest BCUT2D eigenvalue weighted by Gasteiger charge is -2.21. The van der Waals surface area contributed by atoms with Gasteiger partial charge in [-0.25, -0.2) is 0 Å². The van der Waals surface area contributed by atoms with E-state index in [4.69, 9.17) is 4.74 Å². The molecule has 88 valence electrons. The minimum Gasteiger partial charge on any atom is -0.495 e. The first-order valence-electron chi connectivity index (χ1n) is 5.91. The van der Waals surface area contributed by atoms with Crippen molar-refractivity contribution < 1.29 is 4.74 Å². The molecule has 1 N–H and O–H groups in total. The maximum absolute atomic E-state index is 5.48. The lowest BCUT2D eigenvalue weighted by atomic mass is 10.1. The Morgan fingerprint density at radius 1 is 1.31 bits per heavy atom. The molecule has 3 heteroatoms. The molecule has 16 heavy (non-hydrogen) atoms. The first-order valence-corrected chi connectivity index (χ1v) is 5.91. The van der Waals surface area contributed by atoms with Crippen LogP contribution in [0.5, 0.6) is 5.75 Å². The van der Waals surface area contributed by atoms with Gasteiger partial charge in [-0.2, -0.15) is 0 Å². The number of anilines is 1. The van der Waals surface area contributed by atoms with Gasteiger partial charge < -0.3 is 15.0 Å². The fourth-order valence-corrected chi connectivity index (χ4v) is 2.26. The van der Waals surface area contributed by atoms with Gasteiger partial charge in [0.25, 0.3) is 0 Å². The number of methoxy groups -OCH3 is 1. The third kappa shape index (κ3) is 2.30. The summed E-state index contributed by atoms with van der Waals surface area (Å²) >= 11 is 0. The Morgan fingerprint density at radius 2 is 2.06 bits per heavy atom. The largest absolute Gasteiger partial charge is 0.495 e. The van der Waals surface area contributed by atoms with Crippen LogP contribution in [-0.2, 0) is 6.54 Å². The van der Waals surface area contributed by atoms with Crippen LogP contribution in [0, 0.1) is 0 Å². The summed E-state index contributed by atoms with van der Waals surface area (Å²) in [6.07, 6.45) is 2.59. The van der Waals surface area contributed by atoms with E-state index in [1.165, 1.54) is 24.1 Å².